The maximum absolute atomic E-state index is 11.8. The molecule has 2 aromatic heterocycles. The smallest absolute Gasteiger partial charge is 0.272 e. The van der Waals surface area contributed by atoms with Crippen molar-refractivity contribution in [3.8, 4) is 0 Å². The number of H-pyrrole nitrogens is 1. The van der Waals surface area contributed by atoms with E-state index in [4.69, 9.17) is 0 Å². The zero-order chi connectivity index (χ0) is 11.0. The van der Waals surface area contributed by atoms with Gasteiger partial charge >= 0.3 is 0 Å². The fourth-order valence-electron chi connectivity index (χ4n) is 2.55. The summed E-state index contributed by atoms with van der Waals surface area (Å²) in [5.74, 6) is 0.487. The van der Waals surface area contributed by atoms with Crippen LogP contribution in [0.4, 0.5) is 0 Å². The number of nitrogens with zero attached hydrogens (tertiary/aromatic N) is 2. The summed E-state index contributed by atoms with van der Waals surface area (Å²) in [5, 5.41) is 2.86. The molecule has 0 spiro atoms. The van der Waals surface area contributed by atoms with Crippen LogP contribution < -0.4 is 5.56 Å². The van der Waals surface area contributed by atoms with E-state index in [1.807, 2.05) is 6.07 Å². The fraction of sp³-hybridized carbons (Fsp3) is 0.500. The Labute approximate surface area is 93.3 Å². The van der Waals surface area contributed by atoms with Crippen molar-refractivity contribution in [2.75, 3.05) is 0 Å². The first-order valence-corrected chi connectivity index (χ1v) is 5.92. The highest BCUT2D eigenvalue weighted by molar-refractivity contribution is 5.37. The first kappa shape index (κ1) is 9.63. The number of nitrogens with one attached hydrogen (secondary N) is 1. The van der Waals surface area contributed by atoms with Crippen LogP contribution in [-0.4, -0.2) is 14.6 Å². The molecule has 0 aliphatic heterocycles. The molecule has 84 valence electrons. The van der Waals surface area contributed by atoms with E-state index in [1.54, 1.807) is 12.3 Å². The molecule has 1 N–H and O–H groups in total. The second kappa shape index (κ2) is 3.77. The van der Waals surface area contributed by atoms with Gasteiger partial charge in [-0.05, 0) is 12.8 Å². The van der Waals surface area contributed by atoms with Gasteiger partial charge < -0.3 is 0 Å². The number of rotatable bonds is 1. The molecule has 2 aromatic rings. The van der Waals surface area contributed by atoms with Crippen LogP contribution in [0, 0.1) is 0 Å². The van der Waals surface area contributed by atoms with Crippen molar-refractivity contribution in [3.05, 3.63) is 34.4 Å². The summed E-state index contributed by atoms with van der Waals surface area (Å²) < 4.78 is 1.48. The molecule has 1 aliphatic rings. The number of hydrogen-bond donors (Lipinski definition) is 1. The molecule has 3 rings (SSSR count). The molecule has 4 nitrogen and oxygen atoms in total. The van der Waals surface area contributed by atoms with E-state index in [0.717, 1.165) is 11.3 Å². The minimum atomic E-state index is -0.00410. The number of fused-ring (bicyclic) bond motifs is 1. The lowest BCUT2D eigenvalue weighted by Crippen LogP contribution is -2.17. The Hall–Kier alpha value is -1.58. The molecular formula is C12H15N3O. The minimum absolute atomic E-state index is 0.00410. The van der Waals surface area contributed by atoms with Gasteiger partial charge in [-0.3, -0.25) is 9.89 Å². The van der Waals surface area contributed by atoms with Gasteiger partial charge in [-0.2, -0.15) is 0 Å². The molecule has 1 aliphatic carbocycles. The number of aromatic amines is 1. The quantitative estimate of drug-likeness (QED) is 0.795. The maximum Gasteiger partial charge on any atom is 0.272 e. The van der Waals surface area contributed by atoms with Gasteiger partial charge in [-0.1, -0.05) is 19.3 Å². The lowest BCUT2D eigenvalue weighted by Gasteiger charge is -2.20. The highest BCUT2D eigenvalue weighted by atomic mass is 16.1. The molecule has 0 radical (unpaired) electrons. The van der Waals surface area contributed by atoms with Gasteiger partial charge in [-0.25, -0.2) is 9.50 Å². The van der Waals surface area contributed by atoms with Crippen LogP contribution in [0.2, 0.25) is 0 Å². The predicted octanol–water partition coefficient (Wildman–Crippen LogP) is 2.07. The van der Waals surface area contributed by atoms with Crippen molar-refractivity contribution in [1.82, 2.24) is 14.6 Å². The molecular weight excluding hydrogens is 202 g/mol. The first-order valence-electron chi connectivity index (χ1n) is 5.92. The van der Waals surface area contributed by atoms with Crippen molar-refractivity contribution < 1.29 is 0 Å². The second-order valence-electron chi connectivity index (χ2n) is 4.51. The van der Waals surface area contributed by atoms with Crippen LogP contribution in [-0.2, 0) is 0 Å². The lowest BCUT2D eigenvalue weighted by molar-refractivity contribution is 0.436. The Bertz CT molecular complexity index is 549. The molecule has 0 atom stereocenters. The molecule has 0 saturated heterocycles. The molecule has 1 fully saturated rings. The molecule has 0 amide bonds. The van der Waals surface area contributed by atoms with E-state index in [-0.39, 0.29) is 5.56 Å². The van der Waals surface area contributed by atoms with E-state index < -0.39 is 0 Å². The van der Waals surface area contributed by atoms with Crippen LogP contribution in [0.3, 0.4) is 0 Å². The lowest BCUT2D eigenvalue weighted by atomic mass is 9.87. The van der Waals surface area contributed by atoms with E-state index >= 15 is 0 Å². The highest BCUT2D eigenvalue weighted by Gasteiger charge is 2.18. The van der Waals surface area contributed by atoms with Crippen molar-refractivity contribution in [2.45, 2.75) is 38.0 Å². The van der Waals surface area contributed by atoms with Crippen LogP contribution in [0.5, 0.6) is 0 Å². The van der Waals surface area contributed by atoms with Gasteiger partial charge in [0.25, 0.3) is 5.56 Å². The summed E-state index contributed by atoms with van der Waals surface area (Å²) in [5.41, 5.74) is 1.70. The van der Waals surface area contributed by atoms with Gasteiger partial charge in [-0.15, -0.1) is 0 Å². The number of aromatic nitrogens is 3. The van der Waals surface area contributed by atoms with Crippen LogP contribution in [0.25, 0.3) is 5.65 Å². The third-order valence-corrected chi connectivity index (χ3v) is 3.42. The average Bonchev–Trinajstić information content (AvgIpc) is 2.79. The summed E-state index contributed by atoms with van der Waals surface area (Å²) in [7, 11) is 0. The fourth-order valence-corrected chi connectivity index (χ4v) is 2.55. The standard InChI is InChI=1S/C12H15N3O/c16-12-8-10(9-4-2-1-3-5-9)14-11-6-7-13-15(11)12/h6-9,13H,1-5H2. The Balaban J connectivity index is 2.06. The van der Waals surface area contributed by atoms with Crippen LogP contribution in [0.15, 0.2) is 23.1 Å². The summed E-state index contributed by atoms with van der Waals surface area (Å²) in [6.07, 6.45) is 7.94. The van der Waals surface area contributed by atoms with E-state index in [1.165, 1.54) is 36.6 Å². The average molecular weight is 217 g/mol. The monoisotopic (exact) mass is 217 g/mol. The van der Waals surface area contributed by atoms with Gasteiger partial charge in [0, 0.05) is 24.2 Å². The Morgan fingerprint density at radius 2 is 2.12 bits per heavy atom. The van der Waals surface area contributed by atoms with Crippen molar-refractivity contribution in [1.29, 1.82) is 0 Å². The molecule has 2 heterocycles. The third kappa shape index (κ3) is 1.54. The molecule has 16 heavy (non-hydrogen) atoms. The minimum Gasteiger partial charge on any atom is -0.297 e. The SMILES string of the molecule is O=c1cc(C2CCCCC2)nc2cc[nH]n12. The topological polar surface area (TPSA) is 50.2 Å². The van der Waals surface area contributed by atoms with Gasteiger partial charge in [0.15, 0.2) is 5.65 Å². The Morgan fingerprint density at radius 1 is 1.31 bits per heavy atom. The molecule has 4 heteroatoms. The van der Waals surface area contributed by atoms with Crippen molar-refractivity contribution in [2.24, 2.45) is 0 Å². The van der Waals surface area contributed by atoms with Crippen LogP contribution in [0.1, 0.15) is 43.7 Å². The summed E-state index contributed by atoms with van der Waals surface area (Å²) in [6.45, 7) is 0. The zero-order valence-electron chi connectivity index (χ0n) is 9.15. The molecule has 0 unspecified atom stereocenters. The summed E-state index contributed by atoms with van der Waals surface area (Å²) in [6, 6.07) is 3.52. The Kier molecular flexibility index (Phi) is 2.27. The second-order valence-corrected chi connectivity index (χ2v) is 4.51. The summed E-state index contributed by atoms with van der Waals surface area (Å²) in [4.78, 5) is 16.3. The van der Waals surface area contributed by atoms with E-state index in [0.29, 0.717) is 5.92 Å². The van der Waals surface area contributed by atoms with Gasteiger partial charge in [0.05, 0.1) is 5.69 Å². The molecule has 0 aromatic carbocycles. The normalized spacial score (nSPS) is 18.0. The largest absolute Gasteiger partial charge is 0.297 e. The first-order chi connectivity index (χ1) is 7.84. The van der Waals surface area contributed by atoms with E-state index in [2.05, 4.69) is 10.1 Å². The highest BCUT2D eigenvalue weighted by Crippen LogP contribution is 2.30. The zero-order valence-corrected chi connectivity index (χ0v) is 9.15. The van der Waals surface area contributed by atoms with E-state index in [9.17, 15) is 4.79 Å². The summed E-state index contributed by atoms with van der Waals surface area (Å²) >= 11 is 0. The Morgan fingerprint density at radius 3 is 2.94 bits per heavy atom. The van der Waals surface area contributed by atoms with Crippen molar-refractivity contribution >= 4 is 5.65 Å². The molecule has 1 saturated carbocycles. The number of hydrogen-bond acceptors (Lipinski definition) is 2. The maximum atomic E-state index is 11.8. The van der Waals surface area contributed by atoms with Gasteiger partial charge in [0.1, 0.15) is 0 Å². The third-order valence-electron chi connectivity index (χ3n) is 3.42. The van der Waals surface area contributed by atoms with Crippen LogP contribution >= 0.6 is 0 Å². The van der Waals surface area contributed by atoms with Crippen molar-refractivity contribution in [3.63, 3.8) is 0 Å². The van der Waals surface area contributed by atoms with Gasteiger partial charge in [0.2, 0.25) is 0 Å². The predicted molar refractivity (Wildman–Crippen MR) is 61.6 cm³/mol. The molecule has 0 bridgehead atoms.